The molecule has 1 unspecified atom stereocenters. The van der Waals surface area contributed by atoms with Crippen LogP contribution >= 0.6 is 0 Å². The van der Waals surface area contributed by atoms with E-state index in [1.807, 2.05) is 27.7 Å². The summed E-state index contributed by atoms with van der Waals surface area (Å²) < 4.78 is 0. The summed E-state index contributed by atoms with van der Waals surface area (Å²) in [5, 5.41) is 32.1. The molecule has 4 N–H and O–H groups in total. The summed E-state index contributed by atoms with van der Waals surface area (Å²) in [6.45, 7) is 7.14. The van der Waals surface area contributed by atoms with Gasteiger partial charge in [-0.3, -0.25) is 9.59 Å². The highest BCUT2D eigenvalue weighted by Gasteiger charge is 2.28. The molecule has 0 saturated carbocycles. The Morgan fingerprint density at radius 3 is 1.44 bits per heavy atom. The van der Waals surface area contributed by atoms with E-state index in [0.717, 1.165) is 0 Å². The van der Waals surface area contributed by atoms with Crippen molar-refractivity contribution in [3.8, 4) is 0 Å². The number of aliphatic hydroxyl groups excluding tert-OH is 2. The van der Waals surface area contributed by atoms with Crippen LogP contribution in [0.15, 0.2) is 0 Å². The first-order valence-electron chi connectivity index (χ1n) is 4.69. The average Bonchev–Trinajstić information content (AvgIpc) is 2.19. The molecule has 0 aromatic carbocycles. The maximum absolute atomic E-state index is 9.49. The largest absolute Gasteiger partial charge is 0.483 e. The number of hydrogen-bond acceptors (Lipinski definition) is 4. The normalized spacial score (nSPS) is 11.4. The van der Waals surface area contributed by atoms with E-state index in [1.54, 1.807) is 0 Å². The Morgan fingerprint density at radius 2 is 1.38 bits per heavy atom. The van der Waals surface area contributed by atoms with Gasteiger partial charge in [-0.1, -0.05) is 27.7 Å². The summed E-state index contributed by atoms with van der Waals surface area (Å²) in [5.41, 5.74) is -0.367. The molecule has 0 heterocycles. The predicted molar refractivity (Wildman–Crippen MR) is 59.1 cm³/mol. The molecule has 16 heavy (non-hydrogen) atoms. The van der Waals surface area contributed by atoms with Crippen LogP contribution in [0.2, 0.25) is 0 Å². The van der Waals surface area contributed by atoms with Crippen LogP contribution in [0.1, 0.15) is 27.7 Å². The van der Waals surface area contributed by atoms with Crippen molar-refractivity contribution in [2.24, 2.45) is 11.3 Å². The first kappa shape index (κ1) is 20.3. The van der Waals surface area contributed by atoms with Gasteiger partial charge in [-0.2, -0.15) is 0 Å². The first-order chi connectivity index (χ1) is 7.24. The monoisotopic (exact) mass is 238 g/mol. The summed E-state index contributed by atoms with van der Waals surface area (Å²) in [6.07, 6.45) is -0.419. The molecular formula is C10H22O6. The predicted octanol–water partition coefficient (Wildman–Crippen LogP) is 0.423. The third-order valence-electron chi connectivity index (χ3n) is 1.84. The third kappa shape index (κ3) is 12.9. The lowest BCUT2D eigenvalue weighted by Gasteiger charge is -2.30. The minimum Gasteiger partial charge on any atom is -0.483 e. The Hall–Kier alpha value is -1.14. The van der Waals surface area contributed by atoms with Crippen LogP contribution in [0, 0.1) is 11.3 Å². The Bertz CT molecular complexity index is 161. The van der Waals surface area contributed by atoms with Gasteiger partial charge in [-0.25, -0.2) is 0 Å². The van der Waals surface area contributed by atoms with Gasteiger partial charge in [-0.15, -0.1) is 0 Å². The first-order valence-corrected chi connectivity index (χ1v) is 4.69. The van der Waals surface area contributed by atoms with Crippen molar-refractivity contribution in [2.45, 2.75) is 33.8 Å². The van der Waals surface area contributed by atoms with Crippen molar-refractivity contribution >= 4 is 12.9 Å². The summed E-state index contributed by atoms with van der Waals surface area (Å²) >= 11 is 0. The van der Waals surface area contributed by atoms with Crippen LogP contribution in [0.4, 0.5) is 0 Å². The summed E-state index contributed by atoms with van der Waals surface area (Å²) in [7, 11) is 0. The molecule has 0 spiro atoms. The molecule has 0 aromatic rings. The lowest BCUT2D eigenvalue weighted by molar-refractivity contribution is -0.123. The molecule has 0 amide bonds. The highest BCUT2D eigenvalue weighted by Crippen LogP contribution is 2.24. The highest BCUT2D eigenvalue weighted by molar-refractivity contribution is 5.33. The van der Waals surface area contributed by atoms with E-state index < -0.39 is 6.10 Å². The Balaban J connectivity index is -0.000000235. The van der Waals surface area contributed by atoms with Crippen molar-refractivity contribution in [3.05, 3.63) is 0 Å². The number of carbonyl (C=O) groups is 2. The molecule has 0 aliphatic carbocycles. The smallest absolute Gasteiger partial charge is 0.290 e. The summed E-state index contributed by atoms with van der Waals surface area (Å²) in [4.78, 5) is 16.7. The van der Waals surface area contributed by atoms with Gasteiger partial charge < -0.3 is 20.4 Å². The minimum atomic E-state index is -0.419. The van der Waals surface area contributed by atoms with Crippen LogP contribution in [-0.4, -0.2) is 46.1 Å². The summed E-state index contributed by atoms with van der Waals surface area (Å²) in [5.74, 6) is 0.210. The highest BCUT2D eigenvalue weighted by atomic mass is 16.3. The number of carboxylic acid groups (broad SMARTS) is 2. The van der Waals surface area contributed by atoms with E-state index in [1.165, 1.54) is 0 Å². The standard InChI is InChI=1S/C8H18O2.2CH2O2/c1-6(2)7(10)8(3,4)5-9;2*2-1-3/h6-7,9-10H,5H2,1-4H3;2*1H,(H,2,3). The van der Waals surface area contributed by atoms with Crippen molar-refractivity contribution in [1.82, 2.24) is 0 Å². The van der Waals surface area contributed by atoms with Crippen molar-refractivity contribution in [3.63, 3.8) is 0 Å². The number of rotatable bonds is 3. The quantitative estimate of drug-likeness (QED) is 0.530. The van der Waals surface area contributed by atoms with E-state index in [-0.39, 0.29) is 30.9 Å². The van der Waals surface area contributed by atoms with Crippen molar-refractivity contribution in [1.29, 1.82) is 0 Å². The fourth-order valence-corrected chi connectivity index (χ4v) is 0.996. The van der Waals surface area contributed by atoms with E-state index in [0.29, 0.717) is 0 Å². The lowest BCUT2D eigenvalue weighted by Crippen LogP contribution is -2.36. The van der Waals surface area contributed by atoms with Gasteiger partial charge in [0.05, 0.1) is 12.7 Å². The molecule has 6 nitrogen and oxygen atoms in total. The van der Waals surface area contributed by atoms with Crippen molar-refractivity contribution in [2.75, 3.05) is 6.61 Å². The van der Waals surface area contributed by atoms with Gasteiger partial charge in [0.1, 0.15) is 0 Å². The van der Waals surface area contributed by atoms with Gasteiger partial charge >= 0.3 is 0 Å². The zero-order valence-corrected chi connectivity index (χ0v) is 10.1. The fourth-order valence-electron chi connectivity index (χ4n) is 0.996. The second-order valence-electron chi connectivity index (χ2n) is 4.05. The second kappa shape index (κ2) is 11.9. The Kier molecular flexibility index (Phi) is 15.1. The van der Waals surface area contributed by atoms with Crippen LogP contribution in [0.25, 0.3) is 0 Å². The molecule has 98 valence electrons. The lowest BCUT2D eigenvalue weighted by atomic mass is 9.82. The number of aliphatic hydroxyl groups is 2. The zero-order chi connectivity index (χ0) is 13.8. The van der Waals surface area contributed by atoms with Gasteiger partial charge in [0, 0.05) is 5.41 Å². The van der Waals surface area contributed by atoms with E-state index in [9.17, 15) is 5.11 Å². The Labute approximate surface area is 95.5 Å². The molecule has 6 heteroatoms. The van der Waals surface area contributed by atoms with Crippen LogP contribution < -0.4 is 0 Å². The molecule has 0 bridgehead atoms. The van der Waals surface area contributed by atoms with E-state index >= 15 is 0 Å². The van der Waals surface area contributed by atoms with Crippen molar-refractivity contribution < 1.29 is 30.0 Å². The Morgan fingerprint density at radius 1 is 1.12 bits per heavy atom. The van der Waals surface area contributed by atoms with Crippen LogP contribution in [-0.2, 0) is 9.59 Å². The molecule has 0 aliphatic heterocycles. The van der Waals surface area contributed by atoms with Crippen LogP contribution in [0.3, 0.4) is 0 Å². The molecule has 0 radical (unpaired) electrons. The van der Waals surface area contributed by atoms with Gasteiger partial charge in [0.15, 0.2) is 0 Å². The molecule has 0 aliphatic rings. The molecule has 0 rings (SSSR count). The van der Waals surface area contributed by atoms with Crippen LogP contribution in [0.5, 0.6) is 0 Å². The maximum Gasteiger partial charge on any atom is 0.290 e. The van der Waals surface area contributed by atoms with Gasteiger partial charge in [0.2, 0.25) is 0 Å². The second-order valence-corrected chi connectivity index (χ2v) is 4.05. The SMILES string of the molecule is CC(C)C(O)C(C)(C)CO.O=CO.O=CO. The minimum absolute atomic E-state index is 0.0341. The molecular weight excluding hydrogens is 216 g/mol. The average molecular weight is 238 g/mol. The zero-order valence-electron chi connectivity index (χ0n) is 10.1. The third-order valence-corrected chi connectivity index (χ3v) is 1.84. The van der Waals surface area contributed by atoms with Gasteiger partial charge in [0.25, 0.3) is 12.9 Å². The van der Waals surface area contributed by atoms with Gasteiger partial charge in [-0.05, 0) is 5.92 Å². The van der Waals surface area contributed by atoms with E-state index in [2.05, 4.69) is 0 Å². The fraction of sp³-hybridized carbons (Fsp3) is 0.800. The molecule has 0 fully saturated rings. The summed E-state index contributed by atoms with van der Waals surface area (Å²) in [6, 6.07) is 0. The molecule has 1 atom stereocenters. The van der Waals surface area contributed by atoms with E-state index in [4.69, 9.17) is 24.9 Å². The topological polar surface area (TPSA) is 115 Å². The maximum atomic E-state index is 9.49. The molecule has 0 saturated heterocycles. The molecule has 0 aromatic heterocycles. The number of hydrogen-bond donors (Lipinski definition) is 4.